The van der Waals surface area contributed by atoms with Gasteiger partial charge in [-0.1, -0.05) is 15.9 Å². The molecule has 4 nitrogen and oxygen atoms in total. The van der Waals surface area contributed by atoms with Gasteiger partial charge in [0.1, 0.15) is 6.04 Å². The molecule has 2 amide bonds. The Morgan fingerprint density at radius 1 is 1.36 bits per heavy atom. The monoisotopic (exact) mass is 264 g/mol. The Hall–Kier alpha value is -0.580. The maximum Gasteiger partial charge on any atom is 0.242 e. The lowest BCUT2D eigenvalue weighted by atomic mass is 10.1. The van der Waals surface area contributed by atoms with Gasteiger partial charge < -0.3 is 10.6 Å². The standard InChI is InChI=1S/C9H17BrN2O2/c1-6(11-7(13)5-10)8(14)12-9(2,3)4/h6H,5H2,1-4H3,(H,11,13)(H,12,14). The Kier molecular flexibility index (Phi) is 5.12. The first-order valence-corrected chi connectivity index (χ1v) is 5.56. The van der Waals surface area contributed by atoms with Gasteiger partial charge in [-0.25, -0.2) is 0 Å². The fraction of sp³-hybridized carbons (Fsp3) is 0.778. The summed E-state index contributed by atoms with van der Waals surface area (Å²) in [5.74, 6) is -0.367. The molecular formula is C9H17BrN2O2. The number of hydrogen-bond donors (Lipinski definition) is 2. The average molecular weight is 265 g/mol. The van der Waals surface area contributed by atoms with E-state index in [1.807, 2.05) is 20.8 Å². The van der Waals surface area contributed by atoms with Crippen LogP contribution in [0.25, 0.3) is 0 Å². The Morgan fingerprint density at radius 2 is 1.86 bits per heavy atom. The molecule has 2 N–H and O–H groups in total. The summed E-state index contributed by atoms with van der Waals surface area (Å²) in [5.41, 5.74) is -0.273. The lowest BCUT2D eigenvalue weighted by Gasteiger charge is -2.23. The fourth-order valence-corrected chi connectivity index (χ4v) is 0.985. The molecule has 0 aliphatic heterocycles. The molecule has 0 saturated carbocycles. The van der Waals surface area contributed by atoms with Crippen LogP contribution in [0.3, 0.4) is 0 Å². The third-order valence-electron chi connectivity index (χ3n) is 1.39. The highest BCUT2D eigenvalue weighted by atomic mass is 79.9. The summed E-state index contributed by atoms with van der Waals surface area (Å²) >= 11 is 3.01. The van der Waals surface area contributed by atoms with Crippen molar-refractivity contribution in [3.05, 3.63) is 0 Å². The van der Waals surface area contributed by atoms with Crippen LogP contribution >= 0.6 is 15.9 Å². The second-order valence-electron chi connectivity index (χ2n) is 4.16. The van der Waals surface area contributed by atoms with Crippen molar-refractivity contribution in [2.24, 2.45) is 0 Å². The summed E-state index contributed by atoms with van der Waals surface area (Å²) in [7, 11) is 0. The van der Waals surface area contributed by atoms with Gasteiger partial charge in [0.25, 0.3) is 0 Å². The van der Waals surface area contributed by atoms with Crippen LogP contribution in [0.1, 0.15) is 27.7 Å². The highest BCUT2D eigenvalue weighted by molar-refractivity contribution is 9.09. The van der Waals surface area contributed by atoms with E-state index >= 15 is 0 Å². The highest BCUT2D eigenvalue weighted by Crippen LogP contribution is 1.99. The normalized spacial score (nSPS) is 13.2. The van der Waals surface area contributed by atoms with Crippen LogP contribution in [0.15, 0.2) is 0 Å². The minimum Gasteiger partial charge on any atom is -0.350 e. The van der Waals surface area contributed by atoms with Crippen LogP contribution in [-0.4, -0.2) is 28.7 Å². The fourth-order valence-electron chi connectivity index (χ4n) is 0.823. The van der Waals surface area contributed by atoms with Crippen molar-refractivity contribution in [3.8, 4) is 0 Å². The molecule has 5 heteroatoms. The van der Waals surface area contributed by atoms with Gasteiger partial charge in [0.15, 0.2) is 0 Å². The molecule has 0 fully saturated rings. The highest BCUT2D eigenvalue weighted by Gasteiger charge is 2.19. The molecular weight excluding hydrogens is 248 g/mol. The van der Waals surface area contributed by atoms with Crippen molar-refractivity contribution < 1.29 is 9.59 Å². The van der Waals surface area contributed by atoms with Gasteiger partial charge in [-0.05, 0) is 27.7 Å². The van der Waals surface area contributed by atoms with Gasteiger partial charge in [-0.3, -0.25) is 9.59 Å². The predicted octanol–water partition coefficient (Wildman–Crippen LogP) is 0.801. The van der Waals surface area contributed by atoms with Gasteiger partial charge in [-0.2, -0.15) is 0 Å². The predicted molar refractivity (Wildman–Crippen MR) is 59.3 cm³/mol. The molecule has 0 heterocycles. The van der Waals surface area contributed by atoms with Crippen molar-refractivity contribution in [3.63, 3.8) is 0 Å². The summed E-state index contributed by atoms with van der Waals surface area (Å²) in [6.07, 6.45) is 0. The lowest BCUT2D eigenvalue weighted by molar-refractivity contribution is -0.128. The molecule has 0 bridgehead atoms. The first-order valence-electron chi connectivity index (χ1n) is 4.43. The molecule has 82 valence electrons. The summed E-state index contributed by atoms with van der Waals surface area (Å²) in [5, 5.41) is 5.54. The maximum atomic E-state index is 11.5. The average Bonchev–Trinajstić information content (AvgIpc) is 2.00. The van der Waals surface area contributed by atoms with Crippen LogP contribution in [0.5, 0.6) is 0 Å². The molecule has 0 aliphatic carbocycles. The largest absolute Gasteiger partial charge is 0.350 e. The van der Waals surface area contributed by atoms with Gasteiger partial charge in [0, 0.05) is 5.54 Å². The van der Waals surface area contributed by atoms with E-state index in [2.05, 4.69) is 26.6 Å². The second-order valence-corrected chi connectivity index (χ2v) is 4.72. The molecule has 0 saturated heterocycles. The zero-order valence-corrected chi connectivity index (χ0v) is 10.6. The van der Waals surface area contributed by atoms with Crippen molar-refractivity contribution >= 4 is 27.7 Å². The van der Waals surface area contributed by atoms with Crippen molar-refractivity contribution in [1.82, 2.24) is 10.6 Å². The first-order chi connectivity index (χ1) is 6.26. The topological polar surface area (TPSA) is 58.2 Å². The van der Waals surface area contributed by atoms with Crippen LogP contribution < -0.4 is 10.6 Å². The molecule has 14 heavy (non-hydrogen) atoms. The minimum atomic E-state index is -0.501. The number of carbonyl (C=O) groups excluding carboxylic acids is 2. The molecule has 0 aromatic rings. The molecule has 0 aromatic carbocycles. The molecule has 1 unspecified atom stereocenters. The quantitative estimate of drug-likeness (QED) is 0.741. The van der Waals surface area contributed by atoms with Crippen LogP contribution in [0.4, 0.5) is 0 Å². The zero-order chi connectivity index (χ0) is 11.4. The summed E-state index contributed by atoms with van der Waals surface area (Å²) in [4.78, 5) is 22.4. The van der Waals surface area contributed by atoms with E-state index in [9.17, 15) is 9.59 Å². The zero-order valence-electron chi connectivity index (χ0n) is 8.98. The first kappa shape index (κ1) is 13.4. The SMILES string of the molecule is CC(NC(=O)CBr)C(=O)NC(C)(C)C. The molecule has 0 radical (unpaired) electrons. The van der Waals surface area contributed by atoms with E-state index in [0.29, 0.717) is 0 Å². The Morgan fingerprint density at radius 3 is 2.21 bits per heavy atom. The van der Waals surface area contributed by atoms with Crippen LogP contribution in [-0.2, 0) is 9.59 Å². The third-order valence-corrected chi connectivity index (χ3v) is 1.90. The van der Waals surface area contributed by atoms with Crippen LogP contribution in [0, 0.1) is 0 Å². The number of halogens is 1. The van der Waals surface area contributed by atoms with E-state index in [1.54, 1.807) is 6.92 Å². The van der Waals surface area contributed by atoms with Gasteiger partial charge in [0.2, 0.25) is 11.8 Å². The molecule has 0 aromatic heterocycles. The third kappa shape index (κ3) is 5.96. The Bertz CT molecular complexity index is 223. The van der Waals surface area contributed by atoms with Gasteiger partial charge in [0.05, 0.1) is 5.33 Å². The molecule has 0 spiro atoms. The van der Waals surface area contributed by atoms with Crippen LogP contribution in [0.2, 0.25) is 0 Å². The van der Waals surface area contributed by atoms with Gasteiger partial charge in [-0.15, -0.1) is 0 Å². The number of nitrogens with one attached hydrogen (secondary N) is 2. The van der Waals surface area contributed by atoms with E-state index in [4.69, 9.17) is 0 Å². The summed E-state index contributed by atoms with van der Waals surface area (Å²) < 4.78 is 0. The van der Waals surface area contributed by atoms with E-state index in [1.165, 1.54) is 0 Å². The molecule has 0 aliphatic rings. The maximum absolute atomic E-state index is 11.5. The number of rotatable bonds is 3. The number of carbonyl (C=O) groups is 2. The van der Waals surface area contributed by atoms with Crippen molar-refractivity contribution in [1.29, 1.82) is 0 Å². The smallest absolute Gasteiger partial charge is 0.242 e. The van der Waals surface area contributed by atoms with E-state index < -0.39 is 6.04 Å². The minimum absolute atomic E-state index is 0.174. The summed E-state index contributed by atoms with van der Waals surface area (Å²) in [6, 6.07) is -0.501. The van der Waals surface area contributed by atoms with E-state index in [-0.39, 0.29) is 22.7 Å². The summed E-state index contributed by atoms with van der Waals surface area (Å²) in [6.45, 7) is 7.33. The Balaban J connectivity index is 4.07. The van der Waals surface area contributed by atoms with Crippen molar-refractivity contribution in [2.45, 2.75) is 39.3 Å². The van der Waals surface area contributed by atoms with Crippen molar-refractivity contribution in [2.75, 3.05) is 5.33 Å². The molecule has 1 atom stereocenters. The van der Waals surface area contributed by atoms with Gasteiger partial charge >= 0.3 is 0 Å². The Labute approximate surface area is 92.9 Å². The number of alkyl halides is 1. The van der Waals surface area contributed by atoms with E-state index in [0.717, 1.165) is 0 Å². The molecule has 0 rings (SSSR count). The number of hydrogen-bond acceptors (Lipinski definition) is 2. The number of amides is 2. The second kappa shape index (κ2) is 5.34. The lowest BCUT2D eigenvalue weighted by Crippen LogP contribution is -2.51.